The number of hydrogen-bond acceptors (Lipinski definition) is 3. The fraction of sp³-hybridized carbons (Fsp3) is 0.588. The van der Waals surface area contributed by atoms with Gasteiger partial charge in [-0.1, -0.05) is 19.4 Å². The van der Waals surface area contributed by atoms with Crippen molar-refractivity contribution in [1.82, 2.24) is 15.3 Å². The van der Waals surface area contributed by atoms with Gasteiger partial charge in [-0.25, -0.2) is 4.98 Å². The van der Waals surface area contributed by atoms with Crippen LogP contribution in [0.5, 0.6) is 0 Å². The van der Waals surface area contributed by atoms with E-state index in [1.165, 1.54) is 18.4 Å². The largest absolute Gasteiger partial charge is 0.381 e. The molecule has 116 valence electrons. The molecule has 1 aromatic carbocycles. The van der Waals surface area contributed by atoms with E-state index < -0.39 is 0 Å². The zero-order chi connectivity index (χ0) is 14.9. The van der Waals surface area contributed by atoms with E-state index in [-0.39, 0.29) is 0 Å². The molecule has 0 spiro atoms. The molecule has 2 rings (SSSR count). The Labute approximate surface area is 127 Å². The third-order valence-electron chi connectivity index (χ3n) is 3.51. The Kier molecular flexibility index (Phi) is 6.70. The second-order valence-corrected chi connectivity index (χ2v) is 5.52. The third-order valence-corrected chi connectivity index (χ3v) is 3.51. The number of fused-ring (bicyclic) bond motifs is 1. The zero-order valence-corrected chi connectivity index (χ0v) is 13.2. The predicted molar refractivity (Wildman–Crippen MR) is 87.7 cm³/mol. The molecule has 0 fully saturated rings. The molecule has 0 saturated heterocycles. The highest BCUT2D eigenvalue weighted by atomic mass is 16.5. The molecule has 2 N–H and O–H groups in total. The number of unbranched alkanes of at least 4 members (excludes halogenated alkanes) is 1. The molecule has 0 radical (unpaired) electrons. The molecule has 4 heteroatoms. The van der Waals surface area contributed by atoms with Crippen molar-refractivity contribution < 1.29 is 4.74 Å². The Bertz CT molecular complexity index is 536. The van der Waals surface area contributed by atoms with E-state index in [1.807, 2.05) is 0 Å². The lowest BCUT2D eigenvalue weighted by Crippen LogP contribution is -2.20. The van der Waals surface area contributed by atoms with Crippen molar-refractivity contribution in [3.63, 3.8) is 0 Å². The first kappa shape index (κ1) is 16.0. The van der Waals surface area contributed by atoms with Crippen LogP contribution in [0.25, 0.3) is 11.0 Å². The summed E-state index contributed by atoms with van der Waals surface area (Å²) in [5.74, 6) is 1.06. The maximum atomic E-state index is 5.53. The Morgan fingerprint density at radius 1 is 1.19 bits per heavy atom. The first-order valence-electron chi connectivity index (χ1n) is 8.03. The molecule has 1 heterocycles. The van der Waals surface area contributed by atoms with Gasteiger partial charge in [-0.15, -0.1) is 0 Å². The number of aromatic nitrogens is 2. The summed E-state index contributed by atoms with van der Waals surface area (Å²) in [4.78, 5) is 7.99. The number of benzene rings is 1. The normalized spacial score (nSPS) is 11.3. The number of ether oxygens (including phenoxy) is 1. The van der Waals surface area contributed by atoms with E-state index in [1.54, 1.807) is 0 Å². The van der Waals surface area contributed by atoms with Crippen molar-refractivity contribution in [1.29, 1.82) is 0 Å². The molecule has 0 aliphatic heterocycles. The highest BCUT2D eigenvalue weighted by Crippen LogP contribution is 2.13. The van der Waals surface area contributed by atoms with Crippen molar-refractivity contribution in [2.45, 2.75) is 39.5 Å². The Hall–Kier alpha value is -1.39. The quantitative estimate of drug-likeness (QED) is 0.660. The van der Waals surface area contributed by atoms with Crippen LogP contribution in [-0.4, -0.2) is 36.3 Å². The summed E-state index contributed by atoms with van der Waals surface area (Å²) in [6, 6.07) is 6.32. The highest BCUT2D eigenvalue weighted by molar-refractivity contribution is 5.75. The minimum Gasteiger partial charge on any atom is -0.381 e. The summed E-state index contributed by atoms with van der Waals surface area (Å²) in [5, 5.41) is 3.44. The minimum absolute atomic E-state index is 0.858. The van der Waals surface area contributed by atoms with Gasteiger partial charge in [0, 0.05) is 26.2 Å². The van der Waals surface area contributed by atoms with Gasteiger partial charge in [0.15, 0.2) is 0 Å². The number of nitrogens with zero attached hydrogens (tertiary/aromatic N) is 1. The fourth-order valence-corrected chi connectivity index (χ4v) is 2.27. The second-order valence-electron chi connectivity index (χ2n) is 5.52. The molecule has 21 heavy (non-hydrogen) atoms. The molecule has 2 aromatic rings. The summed E-state index contributed by atoms with van der Waals surface area (Å²) < 4.78 is 5.53. The van der Waals surface area contributed by atoms with Crippen molar-refractivity contribution in [3.05, 3.63) is 29.6 Å². The Balaban J connectivity index is 1.59. The maximum Gasteiger partial charge on any atom is 0.108 e. The first-order chi connectivity index (χ1) is 10.3. The van der Waals surface area contributed by atoms with Crippen molar-refractivity contribution >= 4 is 11.0 Å². The van der Waals surface area contributed by atoms with Gasteiger partial charge in [0.1, 0.15) is 5.82 Å². The van der Waals surface area contributed by atoms with Crippen LogP contribution in [0.2, 0.25) is 0 Å². The number of imidazole rings is 1. The fourth-order valence-electron chi connectivity index (χ4n) is 2.27. The first-order valence-corrected chi connectivity index (χ1v) is 8.03. The Morgan fingerprint density at radius 3 is 2.90 bits per heavy atom. The van der Waals surface area contributed by atoms with E-state index in [9.17, 15) is 0 Å². The number of aryl methyl sites for hydroxylation is 1. The Morgan fingerprint density at radius 2 is 2.05 bits per heavy atom. The smallest absolute Gasteiger partial charge is 0.108 e. The topological polar surface area (TPSA) is 49.9 Å². The van der Waals surface area contributed by atoms with Crippen molar-refractivity contribution in [2.24, 2.45) is 0 Å². The minimum atomic E-state index is 0.858. The molecule has 4 nitrogen and oxygen atoms in total. The van der Waals surface area contributed by atoms with Crippen LogP contribution < -0.4 is 5.32 Å². The summed E-state index contributed by atoms with van der Waals surface area (Å²) in [6.45, 7) is 8.00. The SMILES string of the molecule is CCCCOCCCNCCc1nc2ccc(C)cc2[nH]1. The monoisotopic (exact) mass is 289 g/mol. The van der Waals surface area contributed by atoms with E-state index in [0.717, 1.165) is 56.0 Å². The van der Waals surface area contributed by atoms with Crippen LogP contribution in [0.1, 0.15) is 37.6 Å². The van der Waals surface area contributed by atoms with Gasteiger partial charge in [-0.05, 0) is 44.0 Å². The molecular weight excluding hydrogens is 262 g/mol. The average molecular weight is 289 g/mol. The van der Waals surface area contributed by atoms with Gasteiger partial charge < -0.3 is 15.0 Å². The standard InChI is InChI=1S/C17H27N3O/c1-3-4-11-21-12-5-9-18-10-8-17-19-15-7-6-14(2)13-16(15)20-17/h6-7,13,18H,3-5,8-12H2,1-2H3,(H,19,20). The number of nitrogens with one attached hydrogen (secondary N) is 2. The molecule has 0 bridgehead atoms. The predicted octanol–water partition coefficient (Wildman–Crippen LogP) is 3.21. The molecule has 0 amide bonds. The molecule has 0 atom stereocenters. The number of H-pyrrole nitrogens is 1. The molecule has 0 saturated carbocycles. The number of rotatable bonds is 10. The van der Waals surface area contributed by atoms with Gasteiger partial charge in [-0.2, -0.15) is 0 Å². The van der Waals surface area contributed by atoms with Gasteiger partial charge in [-0.3, -0.25) is 0 Å². The lowest BCUT2D eigenvalue weighted by Gasteiger charge is -2.04. The van der Waals surface area contributed by atoms with Crippen LogP contribution in [-0.2, 0) is 11.2 Å². The van der Waals surface area contributed by atoms with Gasteiger partial charge in [0.2, 0.25) is 0 Å². The third kappa shape index (κ3) is 5.48. The summed E-state index contributed by atoms with van der Waals surface area (Å²) in [5.41, 5.74) is 3.45. The highest BCUT2D eigenvalue weighted by Gasteiger charge is 2.02. The second kappa shape index (κ2) is 8.80. The van der Waals surface area contributed by atoms with Crippen molar-refractivity contribution in [3.8, 4) is 0 Å². The lowest BCUT2D eigenvalue weighted by molar-refractivity contribution is 0.129. The molecule has 0 unspecified atom stereocenters. The molecule has 0 aliphatic rings. The van der Waals surface area contributed by atoms with Crippen LogP contribution in [0.15, 0.2) is 18.2 Å². The summed E-state index contributed by atoms with van der Waals surface area (Å²) in [6.07, 6.45) is 4.38. The maximum absolute atomic E-state index is 5.53. The van der Waals surface area contributed by atoms with E-state index in [2.05, 4.69) is 47.3 Å². The molecule has 0 aliphatic carbocycles. The molecular formula is C17H27N3O. The number of aromatic amines is 1. The number of hydrogen-bond donors (Lipinski definition) is 2. The molecule has 1 aromatic heterocycles. The van der Waals surface area contributed by atoms with E-state index >= 15 is 0 Å². The van der Waals surface area contributed by atoms with Crippen LogP contribution >= 0.6 is 0 Å². The van der Waals surface area contributed by atoms with Gasteiger partial charge in [0.25, 0.3) is 0 Å². The lowest BCUT2D eigenvalue weighted by atomic mass is 10.2. The van der Waals surface area contributed by atoms with E-state index in [4.69, 9.17) is 4.74 Å². The van der Waals surface area contributed by atoms with Crippen LogP contribution in [0, 0.1) is 6.92 Å². The van der Waals surface area contributed by atoms with Gasteiger partial charge in [0.05, 0.1) is 11.0 Å². The van der Waals surface area contributed by atoms with Crippen LogP contribution in [0.4, 0.5) is 0 Å². The summed E-state index contributed by atoms with van der Waals surface area (Å²) >= 11 is 0. The van der Waals surface area contributed by atoms with E-state index in [0.29, 0.717) is 0 Å². The average Bonchev–Trinajstić information content (AvgIpc) is 2.87. The van der Waals surface area contributed by atoms with Crippen molar-refractivity contribution in [2.75, 3.05) is 26.3 Å². The van der Waals surface area contributed by atoms with Gasteiger partial charge >= 0.3 is 0 Å². The van der Waals surface area contributed by atoms with Crippen LogP contribution in [0.3, 0.4) is 0 Å². The summed E-state index contributed by atoms with van der Waals surface area (Å²) in [7, 11) is 0. The zero-order valence-electron chi connectivity index (χ0n) is 13.2.